The molecule has 0 aliphatic carbocycles. The molecule has 0 spiro atoms. The van der Waals surface area contributed by atoms with E-state index in [1.807, 2.05) is 0 Å². The Labute approximate surface area is 112 Å². The van der Waals surface area contributed by atoms with Crippen LogP contribution in [0, 0.1) is 0 Å². The average molecular weight is 294 g/mol. The van der Waals surface area contributed by atoms with Crippen molar-refractivity contribution >= 4 is 11.8 Å². The van der Waals surface area contributed by atoms with Gasteiger partial charge in [-0.2, -0.15) is 13.2 Å². The molecular weight excluding hydrogens is 281 g/mol. The van der Waals surface area contributed by atoms with Gasteiger partial charge in [-0.15, -0.1) is 11.8 Å². The number of hydrogen-bond donors (Lipinski definition) is 2. The number of rotatable bonds is 3. The third kappa shape index (κ3) is 3.42. The standard InChI is InChI=1S/C12H13F3O3S/c13-12(14,15)7-3-1-2-4-10(7)19-6-9-11(17)8(16)5-18-9/h1-4,8-9,11,16-17H,5-6H2. The van der Waals surface area contributed by atoms with Gasteiger partial charge in [-0.3, -0.25) is 0 Å². The Morgan fingerprint density at radius 1 is 1.26 bits per heavy atom. The van der Waals surface area contributed by atoms with Gasteiger partial charge in [-0.05, 0) is 12.1 Å². The molecule has 3 atom stereocenters. The Hall–Kier alpha value is -0.760. The smallest absolute Gasteiger partial charge is 0.388 e. The third-order valence-electron chi connectivity index (χ3n) is 2.85. The van der Waals surface area contributed by atoms with E-state index in [1.165, 1.54) is 18.2 Å². The second-order valence-corrected chi connectivity index (χ2v) is 5.30. The molecule has 0 amide bonds. The Bertz CT molecular complexity index is 438. The molecule has 2 N–H and O–H groups in total. The summed E-state index contributed by atoms with van der Waals surface area (Å²) >= 11 is 0.961. The molecule has 1 fully saturated rings. The number of benzene rings is 1. The van der Waals surface area contributed by atoms with Crippen LogP contribution in [0.1, 0.15) is 5.56 Å². The van der Waals surface area contributed by atoms with Gasteiger partial charge in [0, 0.05) is 10.6 Å². The lowest BCUT2D eigenvalue weighted by Gasteiger charge is -2.16. The van der Waals surface area contributed by atoms with Crippen LogP contribution in [-0.2, 0) is 10.9 Å². The first-order valence-electron chi connectivity index (χ1n) is 5.66. The molecule has 106 valence electrons. The van der Waals surface area contributed by atoms with E-state index in [-0.39, 0.29) is 17.3 Å². The van der Waals surface area contributed by atoms with Crippen molar-refractivity contribution in [3.05, 3.63) is 29.8 Å². The van der Waals surface area contributed by atoms with Crippen molar-refractivity contribution in [3.8, 4) is 0 Å². The van der Waals surface area contributed by atoms with Crippen LogP contribution in [-0.4, -0.2) is 40.9 Å². The highest BCUT2D eigenvalue weighted by Gasteiger charge is 2.36. The molecule has 0 bridgehead atoms. The first-order valence-corrected chi connectivity index (χ1v) is 6.65. The van der Waals surface area contributed by atoms with E-state index in [2.05, 4.69) is 0 Å². The van der Waals surface area contributed by atoms with E-state index in [1.54, 1.807) is 0 Å². The summed E-state index contributed by atoms with van der Waals surface area (Å²) < 4.78 is 43.4. The molecule has 1 aromatic rings. The van der Waals surface area contributed by atoms with Gasteiger partial charge in [-0.25, -0.2) is 0 Å². The Morgan fingerprint density at radius 2 is 1.95 bits per heavy atom. The van der Waals surface area contributed by atoms with Crippen LogP contribution >= 0.6 is 11.8 Å². The highest BCUT2D eigenvalue weighted by molar-refractivity contribution is 7.99. The number of aliphatic hydroxyl groups excluding tert-OH is 2. The normalized spacial score (nSPS) is 27.7. The van der Waals surface area contributed by atoms with Crippen molar-refractivity contribution in [2.45, 2.75) is 29.4 Å². The predicted molar refractivity (Wildman–Crippen MR) is 63.9 cm³/mol. The molecule has 1 aliphatic heterocycles. The number of thioether (sulfide) groups is 1. The maximum absolute atomic E-state index is 12.8. The van der Waals surface area contributed by atoms with E-state index in [0.717, 1.165) is 17.8 Å². The monoisotopic (exact) mass is 294 g/mol. The van der Waals surface area contributed by atoms with Crippen LogP contribution in [0.4, 0.5) is 13.2 Å². The average Bonchev–Trinajstić information content (AvgIpc) is 2.67. The minimum Gasteiger partial charge on any atom is -0.388 e. The minimum atomic E-state index is -4.40. The van der Waals surface area contributed by atoms with Crippen molar-refractivity contribution in [2.75, 3.05) is 12.4 Å². The zero-order valence-corrected chi connectivity index (χ0v) is 10.6. The summed E-state index contributed by atoms with van der Waals surface area (Å²) in [7, 11) is 0. The van der Waals surface area contributed by atoms with Crippen LogP contribution in [0.25, 0.3) is 0 Å². The molecule has 0 radical (unpaired) electrons. The van der Waals surface area contributed by atoms with Gasteiger partial charge in [0.2, 0.25) is 0 Å². The van der Waals surface area contributed by atoms with Crippen LogP contribution in [0.2, 0.25) is 0 Å². The van der Waals surface area contributed by atoms with Crippen molar-refractivity contribution in [2.24, 2.45) is 0 Å². The maximum Gasteiger partial charge on any atom is 0.417 e. The zero-order valence-electron chi connectivity index (χ0n) is 9.80. The number of alkyl halides is 3. The van der Waals surface area contributed by atoms with Gasteiger partial charge in [0.1, 0.15) is 12.2 Å². The van der Waals surface area contributed by atoms with Gasteiger partial charge in [0.15, 0.2) is 0 Å². The molecule has 7 heteroatoms. The zero-order chi connectivity index (χ0) is 14.0. The lowest BCUT2D eigenvalue weighted by molar-refractivity contribution is -0.139. The van der Waals surface area contributed by atoms with Crippen LogP contribution in [0.5, 0.6) is 0 Å². The molecule has 1 heterocycles. The fourth-order valence-electron chi connectivity index (χ4n) is 1.81. The van der Waals surface area contributed by atoms with E-state index in [9.17, 15) is 23.4 Å². The maximum atomic E-state index is 12.8. The Kier molecular flexibility index (Phi) is 4.39. The van der Waals surface area contributed by atoms with Crippen molar-refractivity contribution < 1.29 is 28.1 Å². The predicted octanol–water partition coefficient (Wildman–Crippen LogP) is 1.92. The van der Waals surface area contributed by atoms with Crippen LogP contribution in [0.3, 0.4) is 0 Å². The topological polar surface area (TPSA) is 49.7 Å². The van der Waals surface area contributed by atoms with Crippen molar-refractivity contribution in [3.63, 3.8) is 0 Å². The first kappa shape index (κ1) is 14.6. The summed E-state index contributed by atoms with van der Waals surface area (Å²) in [5.74, 6) is 0.158. The molecule has 1 aromatic carbocycles. The summed E-state index contributed by atoms with van der Waals surface area (Å²) in [6, 6.07) is 5.25. The fraction of sp³-hybridized carbons (Fsp3) is 0.500. The molecule has 3 unspecified atom stereocenters. The van der Waals surface area contributed by atoms with E-state index < -0.39 is 30.1 Å². The van der Waals surface area contributed by atoms with E-state index in [4.69, 9.17) is 4.74 Å². The largest absolute Gasteiger partial charge is 0.417 e. The third-order valence-corrected chi connectivity index (χ3v) is 4.01. The minimum absolute atomic E-state index is 0.00725. The van der Waals surface area contributed by atoms with Gasteiger partial charge in [0.25, 0.3) is 0 Å². The summed E-state index contributed by atoms with van der Waals surface area (Å²) in [4.78, 5) is 0.0900. The number of halogens is 3. The van der Waals surface area contributed by atoms with Crippen LogP contribution in [0.15, 0.2) is 29.2 Å². The molecule has 1 saturated heterocycles. The lowest BCUT2D eigenvalue weighted by Crippen LogP contribution is -2.31. The molecule has 0 aromatic heterocycles. The lowest BCUT2D eigenvalue weighted by atomic mass is 10.2. The SMILES string of the molecule is OC1COC(CSc2ccccc2C(F)(F)F)C1O. The number of aliphatic hydroxyl groups is 2. The molecular formula is C12H13F3O3S. The van der Waals surface area contributed by atoms with Crippen LogP contribution < -0.4 is 0 Å². The summed E-state index contributed by atoms with van der Waals surface area (Å²) in [6.07, 6.45) is -7.08. The molecule has 3 nitrogen and oxygen atoms in total. The highest BCUT2D eigenvalue weighted by Crippen LogP contribution is 2.37. The molecule has 19 heavy (non-hydrogen) atoms. The highest BCUT2D eigenvalue weighted by atomic mass is 32.2. The summed E-state index contributed by atoms with van der Waals surface area (Å²) in [5, 5.41) is 18.8. The van der Waals surface area contributed by atoms with Gasteiger partial charge in [-0.1, -0.05) is 12.1 Å². The van der Waals surface area contributed by atoms with Gasteiger partial charge < -0.3 is 14.9 Å². The quantitative estimate of drug-likeness (QED) is 0.836. The summed E-state index contributed by atoms with van der Waals surface area (Å²) in [5.41, 5.74) is -0.701. The first-order chi connectivity index (χ1) is 8.89. The van der Waals surface area contributed by atoms with E-state index in [0.29, 0.717) is 0 Å². The van der Waals surface area contributed by atoms with Crippen molar-refractivity contribution in [1.29, 1.82) is 0 Å². The number of ether oxygens (including phenoxy) is 1. The van der Waals surface area contributed by atoms with Gasteiger partial charge >= 0.3 is 6.18 Å². The molecule has 1 aliphatic rings. The summed E-state index contributed by atoms with van der Waals surface area (Å²) in [6.45, 7) is 0.00725. The second-order valence-electron chi connectivity index (χ2n) is 4.23. The Balaban J connectivity index is 2.04. The number of hydrogen-bond acceptors (Lipinski definition) is 4. The molecule has 0 saturated carbocycles. The molecule has 2 rings (SSSR count). The fourth-order valence-corrected chi connectivity index (χ4v) is 2.96. The Morgan fingerprint density at radius 3 is 2.53 bits per heavy atom. The van der Waals surface area contributed by atoms with Gasteiger partial charge in [0.05, 0.1) is 18.3 Å². The second kappa shape index (κ2) is 5.70. The van der Waals surface area contributed by atoms with E-state index >= 15 is 0 Å². The van der Waals surface area contributed by atoms with Crippen molar-refractivity contribution in [1.82, 2.24) is 0 Å².